The third-order valence-corrected chi connectivity index (χ3v) is 2.07. The summed E-state index contributed by atoms with van der Waals surface area (Å²) in [5, 5.41) is 0. The van der Waals surface area contributed by atoms with Crippen LogP contribution in [0.4, 0.5) is 0 Å². The van der Waals surface area contributed by atoms with E-state index in [-0.39, 0.29) is 11.8 Å². The Morgan fingerprint density at radius 2 is 2.38 bits per heavy atom. The molecule has 1 aliphatic rings. The number of allylic oxidation sites excluding steroid dienone is 2. The summed E-state index contributed by atoms with van der Waals surface area (Å²) in [6, 6.07) is 0. The van der Waals surface area contributed by atoms with Crippen LogP contribution in [-0.2, 0) is 0 Å². The Hall–Kier alpha value is -0.260. The summed E-state index contributed by atoms with van der Waals surface area (Å²) in [4.78, 5) is 0. The van der Waals surface area contributed by atoms with Crippen molar-refractivity contribution >= 4 is 0 Å². The molecule has 1 atom stereocenters. The molecule has 0 radical (unpaired) electrons. The summed E-state index contributed by atoms with van der Waals surface area (Å²) in [5.41, 5.74) is 1.52. The Kier molecular flexibility index (Phi) is 0.927. The predicted molar refractivity (Wildman–Crippen MR) is 36.8 cm³/mol. The second-order valence-electron chi connectivity index (χ2n) is 3.05. The van der Waals surface area contributed by atoms with Gasteiger partial charge < -0.3 is 0 Å². The van der Waals surface area contributed by atoms with Gasteiger partial charge in [-0.2, -0.15) is 0 Å². The van der Waals surface area contributed by atoms with Gasteiger partial charge in [-0.15, -0.1) is 0 Å². The van der Waals surface area contributed by atoms with Gasteiger partial charge in [-0.05, 0) is 25.2 Å². The highest BCUT2D eigenvalue weighted by Crippen LogP contribution is 2.36. The van der Waals surface area contributed by atoms with Gasteiger partial charge in [0.15, 0.2) is 0 Å². The highest BCUT2D eigenvalue weighted by Gasteiger charge is 2.22. The van der Waals surface area contributed by atoms with Gasteiger partial charge in [0.2, 0.25) is 0 Å². The fourth-order valence-electron chi connectivity index (χ4n) is 0.954. The number of hydrogen-bond acceptors (Lipinski definition) is 0. The van der Waals surface area contributed by atoms with Crippen molar-refractivity contribution in [3.05, 3.63) is 11.6 Å². The van der Waals surface area contributed by atoms with Crippen molar-refractivity contribution < 1.29 is 1.37 Å². The van der Waals surface area contributed by atoms with Crippen molar-refractivity contribution in [1.29, 1.82) is 0 Å². The van der Waals surface area contributed by atoms with Crippen LogP contribution in [-0.4, -0.2) is 0 Å². The summed E-state index contributed by atoms with van der Waals surface area (Å²) < 4.78 is 7.61. The van der Waals surface area contributed by atoms with Crippen LogP contribution in [0.3, 0.4) is 0 Å². The molecular weight excluding hydrogens is 96.1 g/mol. The Morgan fingerprint density at radius 3 is 2.50 bits per heavy atom. The minimum atomic E-state index is 0.0949. The Morgan fingerprint density at radius 1 is 1.75 bits per heavy atom. The summed E-state index contributed by atoms with van der Waals surface area (Å²) in [6.07, 6.45) is 3.22. The van der Waals surface area contributed by atoms with Crippen molar-refractivity contribution in [2.24, 2.45) is 5.41 Å². The van der Waals surface area contributed by atoms with Crippen LogP contribution in [0.25, 0.3) is 0 Å². The van der Waals surface area contributed by atoms with E-state index in [1.165, 1.54) is 5.57 Å². The first-order valence-corrected chi connectivity index (χ1v) is 3.14. The minimum absolute atomic E-state index is 0.0949. The largest absolute Gasteiger partial charge is 0.0850 e. The zero-order valence-corrected chi connectivity index (χ0v) is 5.86. The van der Waals surface area contributed by atoms with Gasteiger partial charge in [0, 0.05) is 1.37 Å². The first-order valence-electron chi connectivity index (χ1n) is 3.72. The monoisotopic (exact) mass is 111 g/mol. The molecule has 0 saturated carbocycles. The van der Waals surface area contributed by atoms with Crippen molar-refractivity contribution in [3.8, 4) is 0 Å². The smallest absolute Gasteiger partial charge is 0.0278 e. The molecule has 46 valence electrons. The molecule has 0 bridgehead atoms. The van der Waals surface area contributed by atoms with Gasteiger partial charge in [-0.3, -0.25) is 0 Å². The van der Waals surface area contributed by atoms with E-state index < -0.39 is 0 Å². The molecule has 1 rings (SSSR count). The van der Waals surface area contributed by atoms with Gasteiger partial charge in [0.25, 0.3) is 0 Å². The van der Waals surface area contributed by atoms with E-state index in [0.717, 1.165) is 6.42 Å². The van der Waals surface area contributed by atoms with E-state index in [1.807, 2.05) is 0 Å². The first-order chi connectivity index (χ1) is 4.05. The summed E-state index contributed by atoms with van der Waals surface area (Å²) in [6.45, 7) is 6.40. The van der Waals surface area contributed by atoms with Crippen LogP contribution in [0.5, 0.6) is 0 Å². The van der Waals surface area contributed by atoms with Gasteiger partial charge >= 0.3 is 0 Å². The molecule has 0 aromatic heterocycles. The molecule has 0 aromatic carbocycles. The van der Waals surface area contributed by atoms with Crippen LogP contribution in [0.1, 0.15) is 35.0 Å². The highest BCUT2D eigenvalue weighted by atomic mass is 14.3. The third kappa shape index (κ3) is 0.795. The van der Waals surface area contributed by atoms with Crippen molar-refractivity contribution in [3.63, 3.8) is 0 Å². The van der Waals surface area contributed by atoms with Gasteiger partial charge in [-0.25, -0.2) is 0 Å². The highest BCUT2D eigenvalue weighted by molar-refractivity contribution is 5.14. The van der Waals surface area contributed by atoms with E-state index in [2.05, 4.69) is 26.8 Å². The normalized spacial score (nSPS) is 36.6. The predicted octanol–water partition coefficient (Wildman–Crippen LogP) is 2.75. The SMILES string of the molecule is [2H]C1CC=C(C)C1(C)C. The average molecular weight is 111 g/mol. The van der Waals surface area contributed by atoms with Crippen LogP contribution in [0.15, 0.2) is 11.6 Å². The Labute approximate surface area is 53.0 Å². The van der Waals surface area contributed by atoms with Gasteiger partial charge in [-0.1, -0.05) is 25.5 Å². The Balaban J connectivity index is 2.81. The number of hydrogen-bond donors (Lipinski definition) is 0. The summed E-state index contributed by atoms with van der Waals surface area (Å²) in [5.74, 6) is 0. The fourth-order valence-corrected chi connectivity index (χ4v) is 0.954. The second-order valence-corrected chi connectivity index (χ2v) is 3.05. The molecule has 0 nitrogen and oxygen atoms in total. The van der Waals surface area contributed by atoms with Gasteiger partial charge in [0.05, 0.1) is 0 Å². The maximum Gasteiger partial charge on any atom is 0.0278 e. The van der Waals surface area contributed by atoms with Crippen LogP contribution in [0, 0.1) is 5.41 Å². The standard InChI is InChI=1S/C8H14/c1-7-5-4-6-8(7,2)3/h5H,4,6H2,1-3H3/i6D. The fraction of sp³-hybridized carbons (Fsp3) is 0.750. The maximum atomic E-state index is 7.61. The molecule has 0 aliphatic heterocycles. The average Bonchev–Trinajstić information content (AvgIpc) is 1.96. The second kappa shape index (κ2) is 1.61. The van der Waals surface area contributed by atoms with E-state index in [0.29, 0.717) is 0 Å². The molecule has 0 fully saturated rings. The molecule has 1 unspecified atom stereocenters. The molecule has 0 amide bonds. The third-order valence-electron chi connectivity index (χ3n) is 2.07. The zero-order chi connectivity index (χ0) is 7.07. The van der Waals surface area contributed by atoms with E-state index in [1.54, 1.807) is 0 Å². The molecular formula is C8H14. The van der Waals surface area contributed by atoms with E-state index in [4.69, 9.17) is 1.37 Å². The molecule has 0 aromatic rings. The molecule has 0 N–H and O–H groups in total. The lowest BCUT2D eigenvalue weighted by Gasteiger charge is -2.18. The lowest BCUT2D eigenvalue weighted by molar-refractivity contribution is 0.443. The molecule has 8 heavy (non-hydrogen) atoms. The van der Waals surface area contributed by atoms with Gasteiger partial charge in [0.1, 0.15) is 0 Å². The van der Waals surface area contributed by atoms with Crippen molar-refractivity contribution in [1.82, 2.24) is 0 Å². The maximum absolute atomic E-state index is 7.61. The van der Waals surface area contributed by atoms with E-state index in [9.17, 15) is 0 Å². The first kappa shape index (κ1) is 4.60. The molecule has 1 aliphatic carbocycles. The molecule has 0 spiro atoms. The molecule has 0 heterocycles. The summed E-state index contributed by atoms with van der Waals surface area (Å²) in [7, 11) is 0. The zero-order valence-electron chi connectivity index (χ0n) is 6.86. The summed E-state index contributed by atoms with van der Waals surface area (Å²) >= 11 is 0. The minimum Gasteiger partial charge on any atom is -0.0850 e. The van der Waals surface area contributed by atoms with E-state index >= 15 is 0 Å². The van der Waals surface area contributed by atoms with Crippen molar-refractivity contribution in [2.75, 3.05) is 0 Å². The lowest BCUT2D eigenvalue weighted by atomic mass is 9.87. The van der Waals surface area contributed by atoms with Crippen LogP contribution < -0.4 is 0 Å². The Bertz CT molecular complexity index is 145. The number of rotatable bonds is 0. The molecule has 0 saturated heterocycles. The van der Waals surface area contributed by atoms with Crippen LogP contribution >= 0.6 is 0 Å². The van der Waals surface area contributed by atoms with Crippen molar-refractivity contribution in [2.45, 2.75) is 33.6 Å². The quantitative estimate of drug-likeness (QED) is 0.422. The van der Waals surface area contributed by atoms with Crippen LogP contribution in [0.2, 0.25) is 0 Å². The topological polar surface area (TPSA) is 0 Å². The lowest BCUT2D eigenvalue weighted by Crippen LogP contribution is -2.06. The molecule has 0 heteroatoms.